The van der Waals surface area contributed by atoms with Crippen LogP contribution in [0, 0.1) is 0 Å². The predicted molar refractivity (Wildman–Crippen MR) is 99.3 cm³/mol. The summed E-state index contributed by atoms with van der Waals surface area (Å²) in [5.41, 5.74) is 1.13. The number of piperazine rings is 1. The molecule has 6 heteroatoms. The SMILES string of the molecule is C[C@@H]1CN(C(=O)c2cccc(Cl)c2)CCN1C(=O)c1cccc(Cl)c1. The summed E-state index contributed by atoms with van der Waals surface area (Å²) < 4.78 is 0. The van der Waals surface area contributed by atoms with Crippen molar-refractivity contribution in [2.24, 2.45) is 0 Å². The van der Waals surface area contributed by atoms with Crippen molar-refractivity contribution in [2.75, 3.05) is 19.6 Å². The van der Waals surface area contributed by atoms with Crippen LogP contribution in [0.15, 0.2) is 48.5 Å². The molecule has 3 rings (SSSR count). The summed E-state index contributed by atoms with van der Waals surface area (Å²) in [7, 11) is 0. The molecule has 25 heavy (non-hydrogen) atoms. The van der Waals surface area contributed by atoms with Crippen LogP contribution < -0.4 is 0 Å². The third-order valence-electron chi connectivity index (χ3n) is 4.32. The Kier molecular flexibility index (Phi) is 5.30. The van der Waals surface area contributed by atoms with Gasteiger partial charge in [-0.25, -0.2) is 0 Å². The number of hydrogen-bond acceptors (Lipinski definition) is 2. The van der Waals surface area contributed by atoms with Gasteiger partial charge in [0.2, 0.25) is 0 Å². The number of carbonyl (C=O) groups excluding carboxylic acids is 2. The van der Waals surface area contributed by atoms with E-state index in [2.05, 4.69) is 0 Å². The van der Waals surface area contributed by atoms with Crippen LogP contribution in [0.4, 0.5) is 0 Å². The number of amides is 2. The minimum atomic E-state index is -0.0802. The van der Waals surface area contributed by atoms with E-state index in [1.807, 2.05) is 6.92 Å². The Morgan fingerprint density at radius 1 is 0.920 bits per heavy atom. The molecule has 1 aliphatic heterocycles. The van der Waals surface area contributed by atoms with Crippen molar-refractivity contribution in [3.8, 4) is 0 Å². The van der Waals surface area contributed by atoms with Gasteiger partial charge in [0, 0.05) is 46.8 Å². The smallest absolute Gasteiger partial charge is 0.254 e. The van der Waals surface area contributed by atoms with Gasteiger partial charge in [0.1, 0.15) is 0 Å². The van der Waals surface area contributed by atoms with Crippen molar-refractivity contribution in [1.82, 2.24) is 9.80 Å². The first-order valence-electron chi connectivity index (χ1n) is 8.07. The van der Waals surface area contributed by atoms with Crippen LogP contribution in [0.25, 0.3) is 0 Å². The van der Waals surface area contributed by atoms with Crippen LogP contribution in [0.2, 0.25) is 10.0 Å². The number of halogens is 2. The van der Waals surface area contributed by atoms with E-state index in [4.69, 9.17) is 23.2 Å². The van der Waals surface area contributed by atoms with Gasteiger partial charge in [-0.15, -0.1) is 0 Å². The summed E-state index contributed by atoms with van der Waals surface area (Å²) in [4.78, 5) is 28.9. The highest BCUT2D eigenvalue weighted by Crippen LogP contribution is 2.19. The predicted octanol–water partition coefficient (Wildman–Crippen LogP) is 3.98. The highest BCUT2D eigenvalue weighted by atomic mass is 35.5. The van der Waals surface area contributed by atoms with Gasteiger partial charge in [0.05, 0.1) is 0 Å². The lowest BCUT2D eigenvalue weighted by atomic mass is 10.1. The first kappa shape index (κ1) is 17.8. The molecule has 1 heterocycles. The molecule has 0 aliphatic carbocycles. The maximum absolute atomic E-state index is 12.7. The monoisotopic (exact) mass is 376 g/mol. The van der Waals surface area contributed by atoms with Crippen molar-refractivity contribution in [1.29, 1.82) is 0 Å². The molecular formula is C19H18Cl2N2O2. The molecule has 2 amide bonds. The lowest BCUT2D eigenvalue weighted by molar-refractivity contribution is 0.0414. The van der Waals surface area contributed by atoms with Crippen molar-refractivity contribution in [3.05, 3.63) is 69.7 Å². The van der Waals surface area contributed by atoms with Gasteiger partial charge in [0.15, 0.2) is 0 Å². The van der Waals surface area contributed by atoms with Gasteiger partial charge in [-0.1, -0.05) is 35.3 Å². The zero-order valence-corrected chi connectivity index (χ0v) is 15.3. The van der Waals surface area contributed by atoms with E-state index in [0.29, 0.717) is 40.8 Å². The average molecular weight is 377 g/mol. The maximum Gasteiger partial charge on any atom is 0.254 e. The molecule has 0 saturated carbocycles. The van der Waals surface area contributed by atoms with E-state index in [1.165, 1.54) is 0 Å². The summed E-state index contributed by atoms with van der Waals surface area (Å²) in [5.74, 6) is -0.131. The van der Waals surface area contributed by atoms with Crippen molar-refractivity contribution < 1.29 is 9.59 Å². The van der Waals surface area contributed by atoms with Crippen LogP contribution in [0.5, 0.6) is 0 Å². The van der Waals surface area contributed by atoms with E-state index >= 15 is 0 Å². The molecule has 1 fully saturated rings. The molecule has 4 nitrogen and oxygen atoms in total. The van der Waals surface area contributed by atoms with Gasteiger partial charge in [-0.3, -0.25) is 9.59 Å². The molecule has 0 radical (unpaired) electrons. The van der Waals surface area contributed by atoms with E-state index < -0.39 is 0 Å². The molecule has 0 spiro atoms. The van der Waals surface area contributed by atoms with E-state index in [-0.39, 0.29) is 17.9 Å². The van der Waals surface area contributed by atoms with Crippen molar-refractivity contribution in [3.63, 3.8) is 0 Å². The van der Waals surface area contributed by atoms with Crippen LogP contribution in [-0.4, -0.2) is 47.3 Å². The standard InChI is InChI=1S/C19H18Cl2N2O2/c1-13-12-22(18(24)14-4-2-6-16(20)10-14)8-9-23(13)19(25)15-5-3-7-17(21)11-15/h2-7,10-11,13H,8-9,12H2,1H3/t13-/m1/s1. The number of rotatable bonds is 2. The van der Waals surface area contributed by atoms with Crippen LogP contribution in [0.3, 0.4) is 0 Å². The Labute approximate surface area is 156 Å². The quantitative estimate of drug-likeness (QED) is 0.795. The fourth-order valence-electron chi connectivity index (χ4n) is 3.04. The first-order chi connectivity index (χ1) is 12.0. The largest absolute Gasteiger partial charge is 0.335 e. The second-order valence-electron chi connectivity index (χ2n) is 6.12. The van der Waals surface area contributed by atoms with Crippen LogP contribution in [0.1, 0.15) is 27.6 Å². The maximum atomic E-state index is 12.7. The molecule has 1 saturated heterocycles. The minimum absolute atomic E-state index is 0.0649. The molecule has 0 bridgehead atoms. The van der Waals surface area contributed by atoms with E-state index in [1.54, 1.807) is 58.3 Å². The van der Waals surface area contributed by atoms with E-state index in [0.717, 1.165) is 0 Å². The van der Waals surface area contributed by atoms with Crippen molar-refractivity contribution in [2.45, 2.75) is 13.0 Å². The molecule has 0 aromatic heterocycles. The molecule has 2 aromatic rings. The lowest BCUT2D eigenvalue weighted by Crippen LogP contribution is -2.55. The molecular weight excluding hydrogens is 359 g/mol. The highest BCUT2D eigenvalue weighted by Gasteiger charge is 2.30. The fraction of sp³-hybridized carbons (Fsp3) is 0.263. The highest BCUT2D eigenvalue weighted by molar-refractivity contribution is 6.31. The van der Waals surface area contributed by atoms with Gasteiger partial charge < -0.3 is 9.80 Å². The summed E-state index contributed by atoms with van der Waals surface area (Å²) in [5, 5.41) is 1.07. The van der Waals surface area contributed by atoms with Gasteiger partial charge in [0.25, 0.3) is 11.8 Å². The third kappa shape index (κ3) is 3.97. The number of carbonyl (C=O) groups is 2. The molecule has 1 aliphatic rings. The van der Waals surface area contributed by atoms with Crippen LogP contribution >= 0.6 is 23.2 Å². The van der Waals surface area contributed by atoms with Crippen LogP contribution in [-0.2, 0) is 0 Å². The Balaban J connectivity index is 1.70. The minimum Gasteiger partial charge on any atom is -0.335 e. The molecule has 2 aromatic carbocycles. The van der Waals surface area contributed by atoms with E-state index in [9.17, 15) is 9.59 Å². The molecule has 130 valence electrons. The fourth-order valence-corrected chi connectivity index (χ4v) is 3.42. The summed E-state index contributed by atoms with van der Waals surface area (Å²) in [6, 6.07) is 13.8. The average Bonchev–Trinajstić information content (AvgIpc) is 2.60. The number of hydrogen-bond donors (Lipinski definition) is 0. The van der Waals surface area contributed by atoms with Gasteiger partial charge in [-0.2, -0.15) is 0 Å². The summed E-state index contributed by atoms with van der Waals surface area (Å²) in [6.07, 6.45) is 0. The molecule has 1 atom stereocenters. The Hall–Kier alpha value is -2.04. The number of benzene rings is 2. The lowest BCUT2D eigenvalue weighted by Gasteiger charge is -2.40. The van der Waals surface area contributed by atoms with Gasteiger partial charge >= 0.3 is 0 Å². The first-order valence-corrected chi connectivity index (χ1v) is 8.82. The Bertz CT molecular complexity index is 810. The topological polar surface area (TPSA) is 40.6 Å². The number of nitrogens with zero attached hydrogens (tertiary/aromatic N) is 2. The zero-order chi connectivity index (χ0) is 18.0. The summed E-state index contributed by atoms with van der Waals surface area (Å²) >= 11 is 11.9. The molecule has 0 N–H and O–H groups in total. The molecule has 0 unspecified atom stereocenters. The Morgan fingerprint density at radius 2 is 1.48 bits per heavy atom. The zero-order valence-electron chi connectivity index (χ0n) is 13.8. The summed E-state index contributed by atoms with van der Waals surface area (Å²) in [6.45, 7) is 3.40. The van der Waals surface area contributed by atoms with Crippen molar-refractivity contribution >= 4 is 35.0 Å². The van der Waals surface area contributed by atoms with Gasteiger partial charge in [-0.05, 0) is 43.3 Å². The second-order valence-corrected chi connectivity index (χ2v) is 6.99. The third-order valence-corrected chi connectivity index (χ3v) is 4.79. The normalized spacial score (nSPS) is 17.5. The Morgan fingerprint density at radius 3 is 2.00 bits per heavy atom. The second kappa shape index (κ2) is 7.46.